The summed E-state index contributed by atoms with van der Waals surface area (Å²) in [6, 6.07) is 14.8. The third-order valence-corrected chi connectivity index (χ3v) is 9.18. The summed E-state index contributed by atoms with van der Waals surface area (Å²) in [5, 5.41) is 0. The molecule has 0 radical (unpaired) electrons. The number of carbonyl (C=O) groups excluding carboxylic acids is 2. The molecule has 0 saturated carbocycles. The van der Waals surface area contributed by atoms with Crippen LogP contribution in [0.1, 0.15) is 49.1 Å². The van der Waals surface area contributed by atoms with Crippen LogP contribution in [0.15, 0.2) is 77.7 Å². The number of benzene rings is 3. The summed E-state index contributed by atoms with van der Waals surface area (Å²) in [6.07, 6.45) is 0. The topological polar surface area (TPSA) is 128 Å². The fourth-order valence-corrected chi connectivity index (χ4v) is 6.94. The van der Waals surface area contributed by atoms with Crippen molar-refractivity contribution in [1.29, 1.82) is 0 Å². The van der Waals surface area contributed by atoms with Gasteiger partial charge in [-0.2, -0.15) is 0 Å². The van der Waals surface area contributed by atoms with E-state index in [9.17, 15) is 35.2 Å². The van der Waals surface area contributed by atoms with Crippen LogP contribution in [-0.4, -0.2) is 38.4 Å². The lowest BCUT2D eigenvalue weighted by atomic mass is 9.89. The number of hydrogen-bond donors (Lipinski definition) is 0. The van der Waals surface area contributed by atoms with Gasteiger partial charge in [-0.25, -0.2) is 35.6 Å². The Bertz CT molecular complexity index is 1860. The normalized spacial score (nSPS) is 13.2. The number of fused-ring (bicyclic) bond motifs is 2. The average molecular weight is 569 g/mol. The molecule has 198 valence electrons. The highest BCUT2D eigenvalue weighted by Gasteiger charge is 2.35. The molecule has 0 fully saturated rings. The van der Waals surface area contributed by atoms with Gasteiger partial charge >= 0.3 is 0 Å². The first kappa shape index (κ1) is 26.4. The van der Waals surface area contributed by atoms with Gasteiger partial charge in [0.15, 0.2) is 19.7 Å². The van der Waals surface area contributed by atoms with Crippen LogP contribution in [0.5, 0.6) is 0 Å². The smallest absolute Gasteiger partial charge is 0.214 e. The molecule has 0 bridgehead atoms. The molecule has 0 spiro atoms. The number of ketones is 2. The Balaban J connectivity index is 1.60. The van der Waals surface area contributed by atoms with Crippen molar-refractivity contribution >= 4 is 31.2 Å². The van der Waals surface area contributed by atoms with Crippen LogP contribution in [0, 0.1) is 11.6 Å². The molecule has 0 aliphatic heterocycles. The lowest BCUT2D eigenvalue weighted by Gasteiger charge is -2.19. The molecule has 3 aromatic carbocycles. The van der Waals surface area contributed by atoms with Crippen LogP contribution < -0.4 is 0 Å². The molecule has 1 aliphatic carbocycles. The molecule has 0 unspecified atom stereocenters. The molecule has 0 N–H and O–H groups in total. The molecule has 1 aromatic heterocycles. The maximum Gasteiger partial charge on any atom is 0.214 e. The van der Waals surface area contributed by atoms with Crippen LogP contribution in [0.4, 0.5) is 8.78 Å². The standard InChI is InChI=1S/C27H18F2N2O6S2/c28-17-7-5-16(6-8-17)13-38(34,35)14-22-23(15-39(36,37)19-11-9-18(29)10-12-19)31-25-24(30-22)26(32)20-3-1-2-4-21(20)27(25)33/h1-12H,13-15H2. The highest BCUT2D eigenvalue weighted by Crippen LogP contribution is 2.28. The van der Waals surface area contributed by atoms with E-state index in [1.807, 2.05) is 0 Å². The van der Waals surface area contributed by atoms with Crippen LogP contribution in [-0.2, 0) is 36.9 Å². The first-order valence-corrected chi connectivity index (χ1v) is 14.9. The SMILES string of the molecule is O=C1c2ccccc2C(=O)c2nc(CS(=O)(=O)c3ccc(F)cc3)c(CS(=O)(=O)Cc3ccc(F)cc3)nc21. The minimum Gasteiger partial charge on any atom is -0.287 e. The number of sulfone groups is 2. The predicted octanol–water partition coefficient (Wildman–Crippen LogP) is 3.62. The summed E-state index contributed by atoms with van der Waals surface area (Å²) in [5.41, 5.74) is -1.01. The van der Waals surface area contributed by atoms with Gasteiger partial charge < -0.3 is 0 Å². The van der Waals surface area contributed by atoms with Gasteiger partial charge in [0, 0.05) is 11.1 Å². The Kier molecular flexibility index (Phi) is 6.69. The second kappa shape index (κ2) is 9.86. The van der Waals surface area contributed by atoms with E-state index in [2.05, 4.69) is 9.97 Å². The van der Waals surface area contributed by atoms with E-state index in [1.54, 1.807) is 12.1 Å². The Hall–Kier alpha value is -4.16. The van der Waals surface area contributed by atoms with Gasteiger partial charge in [-0.05, 0) is 42.0 Å². The molecule has 12 heteroatoms. The third kappa shape index (κ3) is 5.38. The molecule has 0 atom stereocenters. The van der Waals surface area contributed by atoms with Gasteiger partial charge in [0.25, 0.3) is 0 Å². The number of halogens is 2. The quantitative estimate of drug-likeness (QED) is 0.273. The van der Waals surface area contributed by atoms with E-state index in [0.29, 0.717) is 0 Å². The number of hydrogen-bond acceptors (Lipinski definition) is 8. The first-order chi connectivity index (χ1) is 18.4. The van der Waals surface area contributed by atoms with Crippen molar-refractivity contribution < 1.29 is 35.2 Å². The van der Waals surface area contributed by atoms with Crippen LogP contribution >= 0.6 is 0 Å². The van der Waals surface area contributed by atoms with E-state index in [1.165, 1.54) is 24.3 Å². The third-order valence-electron chi connectivity index (χ3n) is 6.05. The fraction of sp³-hybridized carbons (Fsp3) is 0.111. The Morgan fingerprint density at radius 1 is 0.590 bits per heavy atom. The monoisotopic (exact) mass is 568 g/mol. The second-order valence-corrected chi connectivity index (χ2v) is 12.9. The Morgan fingerprint density at radius 2 is 1.05 bits per heavy atom. The zero-order chi connectivity index (χ0) is 27.9. The summed E-state index contributed by atoms with van der Waals surface area (Å²) in [5.74, 6) is -4.70. The average Bonchev–Trinajstić information content (AvgIpc) is 2.89. The van der Waals surface area contributed by atoms with Gasteiger partial charge in [-0.3, -0.25) is 9.59 Å². The van der Waals surface area contributed by atoms with Crippen molar-refractivity contribution in [3.8, 4) is 0 Å². The minimum atomic E-state index is -4.19. The summed E-state index contributed by atoms with van der Waals surface area (Å²) in [7, 11) is -8.22. The fourth-order valence-electron chi connectivity index (χ4n) is 4.19. The van der Waals surface area contributed by atoms with E-state index < -0.39 is 60.1 Å². The largest absolute Gasteiger partial charge is 0.287 e. The first-order valence-electron chi connectivity index (χ1n) is 11.4. The molecule has 39 heavy (non-hydrogen) atoms. The zero-order valence-corrected chi connectivity index (χ0v) is 21.6. The predicted molar refractivity (Wildman–Crippen MR) is 135 cm³/mol. The highest BCUT2D eigenvalue weighted by molar-refractivity contribution is 7.90. The highest BCUT2D eigenvalue weighted by atomic mass is 32.2. The maximum atomic E-state index is 13.4. The molecule has 1 aliphatic rings. The van der Waals surface area contributed by atoms with Crippen molar-refractivity contribution in [3.05, 3.63) is 124 Å². The molecule has 0 saturated heterocycles. The summed E-state index contributed by atoms with van der Waals surface area (Å²) < 4.78 is 79.1. The molecule has 8 nitrogen and oxygen atoms in total. The second-order valence-electron chi connectivity index (χ2n) is 8.89. The molecule has 0 amide bonds. The molecular formula is C27H18F2N2O6S2. The van der Waals surface area contributed by atoms with E-state index in [-0.39, 0.29) is 44.4 Å². The lowest BCUT2D eigenvalue weighted by molar-refractivity contribution is 0.0971. The van der Waals surface area contributed by atoms with E-state index in [0.717, 1.165) is 36.4 Å². The van der Waals surface area contributed by atoms with Crippen molar-refractivity contribution in [2.75, 3.05) is 0 Å². The van der Waals surface area contributed by atoms with E-state index >= 15 is 0 Å². The lowest BCUT2D eigenvalue weighted by Crippen LogP contribution is -2.27. The minimum absolute atomic E-state index is 0.0633. The number of aromatic nitrogens is 2. The molecule has 1 heterocycles. The molecule has 5 rings (SSSR count). The molecule has 4 aromatic rings. The van der Waals surface area contributed by atoms with Gasteiger partial charge in [0.2, 0.25) is 11.6 Å². The van der Waals surface area contributed by atoms with Crippen LogP contribution in [0.3, 0.4) is 0 Å². The van der Waals surface area contributed by atoms with Gasteiger partial charge in [-0.15, -0.1) is 0 Å². The summed E-state index contributed by atoms with van der Waals surface area (Å²) >= 11 is 0. The van der Waals surface area contributed by atoms with Crippen molar-refractivity contribution in [3.63, 3.8) is 0 Å². The zero-order valence-electron chi connectivity index (χ0n) is 20.0. The summed E-state index contributed by atoms with van der Waals surface area (Å²) in [4.78, 5) is 34.4. The molecular weight excluding hydrogens is 550 g/mol. The number of carbonyl (C=O) groups is 2. The van der Waals surface area contributed by atoms with Crippen molar-refractivity contribution in [1.82, 2.24) is 9.97 Å². The van der Waals surface area contributed by atoms with Gasteiger partial charge in [0.05, 0.1) is 33.5 Å². The van der Waals surface area contributed by atoms with Crippen LogP contribution in [0.2, 0.25) is 0 Å². The maximum absolute atomic E-state index is 13.4. The van der Waals surface area contributed by atoms with Crippen molar-refractivity contribution in [2.45, 2.75) is 22.2 Å². The Morgan fingerprint density at radius 3 is 1.56 bits per heavy atom. The number of nitrogens with zero attached hydrogens (tertiary/aromatic N) is 2. The number of rotatable bonds is 7. The summed E-state index contributed by atoms with van der Waals surface area (Å²) in [6.45, 7) is 0. The van der Waals surface area contributed by atoms with Gasteiger partial charge in [0.1, 0.15) is 23.0 Å². The van der Waals surface area contributed by atoms with E-state index in [4.69, 9.17) is 0 Å². The Labute approximate surface area is 222 Å². The van der Waals surface area contributed by atoms with Crippen molar-refractivity contribution in [2.24, 2.45) is 0 Å². The van der Waals surface area contributed by atoms with Gasteiger partial charge in [-0.1, -0.05) is 36.4 Å². The van der Waals surface area contributed by atoms with Crippen LogP contribution in [0.25, 0.3) is 0 Å².